The number of amides is 1. The number of nitrogens with zero attached hydrogens (tertiary/aromatic N) is 1. The van der Waals surface area contributed by atoms with Crippen LogP contribution >= 0.6 is 0 Å². The molecule has 1 aromatic heterocycles. The summed E-state index contributed by atoms with van der Waals surface area (Å²) in [6.45, 7) is 0.597. The van der Waals surface area contributed by atoms with Crippen LogP contribution in [0.2, 0.25) is 0 Å². The van der Waals surface area contributed by atoms with Crippen molar-refractivity contribution >= 4 is 12.4 Å². The van der Waals surface area contributed by atoms with Gasteiger partial charge in [-0.1, -0.05) is 6.07 Å². The number of aldehydes is 1. The zero-order valence-electron chi connectivity index (χ0n) is 8.89. The van der Waals surface area contributed by atoms with Crippen molar-refractivity contribution in [3.63, 3.8) is 0 Å². The highest BCUT2D eigenvalue weighted by atomic mass is 16.5. The van der Waals surface area contributed by atoms with Crippen LogP contribution in [0.3, 0.4) is 0 Å². The fourth-order valence-electron chi connectivity index (χ4n) is 1.05. The van der Waals surface area contributed by atoms with Crippen LogP contribution < -0.4 is 5.32 Å². The lowest BCUT2D eigenvalue weighted by Crippen LogP contribution is -2.24. The van der Waals surface area contributed by atoms with Gasteiger partial charge in [0.15, 0.2) is 0 Å². The third-order valence-electron chi connectivity index (χ3n) is 1.84. The van der Waals surface area contributed by atoms with E-state index in [0.717, 1.165) is 12.0 Å². The van der Waals surface area contributed by atoms with E-state index in [1.165, 1.54) is 0 Å². The molecule has 1 N–H and O–H groups in total. The molecule has 0 unspecified atom stereocenters. The Morgan fingerprint density at radius 3 is 3.06 bits per heavy atom. The minimum atomic E-state index is -0.489. The summed E-state index contributed by atoms with van der Waals surface area (Å²) in [4.78, 5) is 25.2. The third kappa shape index (κ3) is 5.09. The van der Waals surface area contributed by atoms with Crippen LogP contribution in [0.25, 0.3) is 0 Å². The van der Waals surface area contributed by atoms with E-state index in [1.54, 1.807) is 12.3 Å². The molecule has 1 rings (SSSR count). The zero-order valence-corrected chi connectivity index (χ0v) is 8.89. The Kier molecular flexibility index (Phi) is 5.62. The molecule has 0 aliphatic carbocycles. The monoisotopic (exact) mass is 222 g/mol. The Bertz CT molecular complexity index is 327. The number of carbonyl (C=O) groups is 2. The predicted molar refractivity (Wildman–Crippen MR) is 57.7 cm³/mol. The molecule has 0 saturated heterocycles. The molecule has 0 radical (unpaired) electrons. The molecule has 5 heteroatoms. The van der Waals surface area contributed by atoms with E-state index in [9.17, 15) is 9.59 Å². The van der Waals surface area contributed by atoms with Crippen LogP contribution in [0.1, 0.15) is 18.5 Å². The van der Waals surface area contributed by atoms with E-state index >= 15 is 0 Å². The minimum absolute atomic E-state index is 0.257. The zero-order chi connectivity index (χ0) is 11.6. The topological polar surface area (TPSA) is 68.3 Å². The molecule has 86 valence electrons. The number of alkyl carbamates (subject to hydrolysis) is 1. The number of carbonyl (C=O) groups excluding carboxylic acids is 2. The quantitative estimate of drug-likeness (QED) is 0.581. The van der Waals surface area contributed by atoms with Crippen LogP contribution in [-0.4, -0.2) is 24.0 Å². The number of rotatable bonds is 6. The molecule has 0 fully saturated rings. The standard InChI is InChI=1S/C11H14N2O3/c14-7-3-4-8-16-11(15)13-9-10-5-1-2-6-12-10/h1-2,5-7H,3-4,8-9H2,(H,13,15). The Labute approximate surface area is 93.8 Å². The SMILES string of the molecule is O=CCCCOC(=O)NCc1ccccn1. The summed E-state index contributed by atoms with van der Waals surface area (Å²) in [5.41, 5.74) is 0.771. The average Bonchev–Trinajstić information content (AvgIpc) is 2.33. The van der Waals surface area contributed by atoms with E-state index in [0.29, 0.717) is 19.4 Å². The number of ether oxygens (including phenoxy) is 1. The highest BCUT2D eigenvalue weighted by Gasteiger charge is 2.01. The first-order valence-electron chi connectivity index (χ1n) is 5.07. The van der Waals surface area contributed by atoms with Gasteiger partial charge in [0.25, 0.3) is 0 Å². The van der Waals surface area contributed by atoms with Crippen molar-refractivity contribution in [1.82, 2.24) is 10.3 Å². The average molecular weight is 222 g/mol. The molecule has 5 nitrogen and oxygen atoms in total. The number of nitrogens with one attached hydrogen (secondary N) is 1. The molecule has 0 aliphatic rings. The molecule has 0 aromatic carbocycles. The Hall–Kier alpha value is -1.91. The summed E-state index contributed by atoms with van der Waals surface area (Å²) in [6.07, 6.45) is 2.94. The molecule has 0 saturated carbocycles. The lowest BCUT2D eigenvalue weighted by atomic mass is 10.3. The Morgan fingerprint density at radius 2 is 2.38 bits per heavy atom. The maximum absolute atomic E-state index is 11.1. The van der Waals surface area contributed by atoms with Crippen molar-refractivity contribution < 1.29 is 14.3 Å². The van der Waals surface area contributed by atoms with Crippen LogP contribution in [0, 0.1) is 0 Å². The molecule has 0 atom stereocenters. The van der Waals surface area contributed by atoms with Gasteiger partial charge in [-0.15, -0.1) is 0 Å². The molecule has 0 spiro atoms. The molecule has 1 heterocycles. The van der Waals surface area contributed by atoms with E-state index in [1.807, 2.05) is 12.1 Å². The number of aromatic nitrogens is 1. The minimum Gasteiger partial charge on any atom is -0.450 e. The lowest BCUT2D eigenvalue weighted by Gasteiger charge is -2.05. The van der Waals surface area contributed by atoms with E-state index in [-0.39, 0.29) is 6.61 Å². The third-order valence-corrected chi connectivity index (χ3v) is 1.84. The molecule has 16 heavy (non-hydrogen) atoms. The maximum atomic E-state index is 11.1. The Morgan fingerprint density at radius 1 is 1.50 bits per heavy atom. The van der Waals surface area contributed by atoms with E-state index in [2.05, 4.69) is 10.3 Å². The van der Waals surface area contributed by atoms with Gasteiger partial charge in [0.1, 0.15) is 6.29 Å². The molecule has 0 aliphatic heterocycles. The van der Waals surface area contributed by atoms with Gasteiger partial charge in [-0.05, 0) is 18.6 Å². The summed E-state index contributed by atoms with van der Waals surface area (Å²) in [7, 11) is 0. The molecular weight excluding hydrogens is 208 g/mol. The second-order valence-electron chi connectivity index (χ2n) is 3.12. The van der Waals surface area contributed by atoms with Crippen molar-refractivity contribution in [3.05, 3.63) is 30.1 Å². The highest BCUT2D eigenvalue weighted by Crippen LogP contribution is 1.93. The fraction of sp³-hybridized carbons (Fsp3) is 0.364. The summed E-state index contributed by atoms with van der Waals surface area (Å²) in [5.74, 6) is 0. The van der Waals surface area contributed by atoms with E-state index < -0.39 is 6.09 Å². The van der Waals surface area contributed by atoms with Crippen molar-refractivity contribution in [2.45, 2.75) is 19.4 Å². The first-order chi connectivity index (χ1) is 7.83. The van der Waals surface area contributed by atoms with Gasteiger partial charge in [-0.25, -0.2) is 4.79 Å². The molecule has 1 aromatic rings. The second-order valence-corrected chi connectivity index (χ2v) is 3.12. The summed E-state index contributed by atoms with van der Waals surface area (Å²) in [5, 5.41) is 2.56. The maximum Gasteiger partial charge on any atom is 0.407 e. The van der Waals surface area contributed by atoms with Gasteiger partial charge in [0, 0.05) is 12.6 Å². The number of hydrogen-bond acceptors (Lipinski definition) is 4. The largest absolute Gasteiger partial charge is 0.450 e. The molecular formula is C11H14N2O3. The smallest absolute Gasteiger partial charge is 0.407 e. The van der Waals surface area contributed by atoms with Gasteiger partial charge in [0.05, 0.1) is 18.8 Å². The van der Waals surface area contributed by atoms with Gasteiger partial charge >= 0.3 is 6.09 Å². The highest BCUT2D eigenvalue weighted by molar-refractivity contribution is 5.67. The van der Waals surface area contributed by atoms with Crippen LogP contribution in [0.4, 0.5) is 4.79 Å². The summed E-state index contributed by atoms with van der Waals surface area (Å²) >= 11 is 0. The van der Waals surface area contributed by atoms with E-state index in [4.69, 9.17) is 4.74 Å². The second kappa shape index (κ2) is 7.39. The van der Waals surface area contributed by atoms with Gasteiger partial charge < -0.3 is 14.8 Å². The number of hydrogen-bond donors (Lipinski definition) is 1. The number of pyridine rings is 1. The van der Waals surface area contributed by atoms with Gasteiger partial charge in [0.2, 0.25) is 0 Å². The van der Waals surface area contributed by atoms with Crippen LogP contribution in [0.5, 0.6) is 0 Å². The normalized spacial score (nSPS) is 9.50. The van der Waals surface area contributed by atoms with Crippen molar-refractivity contribution in [3.8, 4) is 0 Å². The Balaban J connectivity index is 2.13. The first-order valence-corrected chi connectivity index (χ1v) is 5.07. The summed E-state index contributed by atoms with van der Waals surface area (Å²) in [6, 6.07) is 5.47. The van der Waals surface area contributed by atoms with Crippen molar-refractivity contribution in [2.75, 3.05) is 6.61 Å². The van der Waals surface area contributed by atoms with Crippen LogP contribution in [-0.2, 0) is 16.1 Å². The van der Waals surface area contributed by atoms with Crippen molar-refractivity contribution in [1.29, 1.82) is 0 Å². The van der Waals surface area contributed by atoms with Crippen LogP contribution in [0.15, 0.2) is 24.4 Å². The fourth-order valence-corrected chi connectivity index (χ4v) is 1.05. The lowest BCUT2D eigenvalue weighted by molar-refractivity contribution is -0.108. The molecule has 1 amide bonds. The predicted octanol–water partition coefficient (Wildman–Crippen LogP) is 1.29. The number of unbranched alkanes of at least 4 members (excludes halogenated alkanes) is 1. The van der Waals surface area contributed by atoms with Crippen molar-refractivity contribution in [2.24, 2.45) is 0 Å². The first kappa shape index (κ1) is 12.2. The van der Waals surface area contributed by atoms with Gasteiger partial charge in [-0.3, -0.25) is 4.98 Å². The molecule has 0 bridgehead atoms. The van der Waals surface area contributed by atoms with Gasteiger partial charge in [-0.2, -0.15) is 0 Å². The summed E-state index contributed by atoms with van der Waals surface area (Å²) < 4.78 is 4.83.